The van der Waals surface area contributed by atoms with Crippen molar-refractivity contribution in [3.05, 3.63) is 49.5 Å². The minimum Gasteiger partial charge on any atom is -0.462 e. The van der Waals surface area contributed by atoms with Gasteiger partial charge in [-0.2, -0.15) is 5.26 Å². The predicted molar refractivity (Wildman–Crippen MR) is 114 cm³/mol. The Morgan fingerprint density at radius 2 is 2.10 bits per heavy atom. The molecule has 0 saturated heterocycles. The van der Waals surface area contributed by atoms with Crippen LogP contribution in [0.2, 0.25) is 0 Å². The van der Waals surface area contributed by atoms with E-state index in [-0.39, 0.29) is 17.4 Å². The van der Waals surface area contributed by atoms with E-state index in [1.165, 1.54) is 11.8 Å². The number of hydrogen-bond donors (Lipinski definition) is 1. The monoisotopic (exact) mass is 428 g/mol. The highest BCUT2D eigenvalue weighted by Gasteiger charge is 2.22. The number of aromatic amines is 1. The highest BCUT2D eigenvalue weighted by atomic mass is 32.2. The van der Waals surface area contributed by atoms with Gasteiger partial charge in [-0.1, -0.05) is 11.8 Å². The fourth-order valence-electron chi connectivity index (χ4n) is 2.99. The number of aryl methyl sites for hydroxylation is 3. The minimum atomic E-state index is -0.450. The molecule has 0 spiro atoms. The number of thiophene rings is 1. The Morgan fingerprint density at radius 3 is 2.76 bits per heavy atom. The lowest BCUT2D eigenvalue weighted by molar-refractivity contribution is 0.0531. The number of nitriles is 1. The molecule has 0 radical (unpaired) electrons. The fourth-order valence-corrected chi connectivity index (χ4v) is 5.15. The van der Waals surface area contributed by atoms with Crippen molar-refractivity contribution in [1.29, 1.82) is 5.26 Å². The van der Waals surface area contributed by atoms with E-state index in [0.29, 0.717) is 37.1 Å². The Kier molecular flexibility index (Phi) is 6.05. The first-order chi connectivity index (χ1) is 13.8. The largest absolute Gasteiger partial charge is 0.462 e. The lowest BCUT2D eigenvalue weighted by Gasteiger charge is -2.12. The number of carbonyl (C=O) groups is 1. The quantitative estimate of drug-likeness (QED) is 0.479. The summed E-state index contributed by atoms with van der Waals surface area (Å²) < 4.78 is 5.07. The average molecular weight is 429 g/mol. The summed E-state index contributed by atoms with van der Waals surface area (Å²) in [7, 11) is 0. The number of fused-ring (bicyclic) bond motifs is 1. The highest BCUT2D eigenvalue weighted by molar-refractivity contribution is 7.99. The molecule has 3 rings (SSSR count). The molecule has 3 aromatic rings. The summed E-state index contributed by atoms with van der Waals surface area (Å²) in [5.41, 5.74) is 2.48. The molecule has 1 N–H and O–H groups in total. The maximum absolute atomic E-state index is 12.7. The topological polar surface area (TPSA) is 109 Å². The molecule has 3 aromatic heterocycles. The normalized spacial score (nSPS) is 12.0. The predicted octanol–water partition coefficient (Wildman–Crippen LogP) is 4.21. The molecule has 0 aliphatic heterocycles. The van der Waals surface area contributed by atoms with E-state index in [2.05, 4.69) is 21.0 Å². The molecule has 7 nitrogen and oxygen atoms in total. The standard InChI is InChI=1S/C20H20N4O3S2/c1-6-27-20(26)15-11(4)14-17(25)23-16(24-19(14)29-15)12(5)28-18-13(8-21)9(2)7-10(3)22-18/h7,12H,6H2,1-5H3,(H,23,24,25). The van der Waals surface area contributed by atoms with Gasteiger partial charge in [-0.25, -0.2) is 14.8 Å². The number of nitrogens with zero attached hydrogens (tertiary/aromatic N) is 3. The summed E-state index contributed by atoms with van der Waals surface area (Å²) in [4.78, 5) is 37.6. The van der Waals surface area contributed by atoms with E-state index in [9.17, 15) is 14.9 Å². The van der Waals surface area contributed by atoms with Crippen LogP contribution in [0.3, 0.4) is 0 Å². The number of carbonyl (C=O) groups excluding carboxylic acids is 1. The zero-order valence-corrected chi connectivity index (χ0v) is 18.4. The highest BCUT2D eigenvalue weighted by Crippen LogP contribution is 2.36. The van der Waals surface area contributed by atoms with Crippen molar-refractivity contribution in [3.8, 4) is 6.07 Å². The van der Waals surface area contributed by atoms with Crippen LogP contribution in [0.15, 0.2) is 15.9 Å². The molecule has 9 heteroatoms. The smallest absolute Gasteiger partial charge is 0.348 e. The molecular weight excluding hydrogens is 408 g/mol. The second-order valence-electron chi connectivity index (χ2n) is 6.54. The van der Waals surface area contributed by atoms with Crippen LogP contribution in [0.5, 0.6) is 0 Å². The lowest BCUT2D eigenvalue weighted by Crippen LogP contribution is -2.13. The van der Waals surface area contributed by atoms with Crippen molar-refractivity contribution in [3.63, 3.8) is 0 Å². The number of aromatic nitrogens is 3. The van der Waals surface area contributed by atoms with E-state index in [4.69, 9.17) is 4.74 Å². The number of ether oxygens (including phenoxy) is 1. The molecular formula is C20H20N4O3S2. The molecule has 29 heavy (non-hydrogen) atoms. The summed E-state index contributed by atoms with van der Waals surface area (Å²) in [5, 5.41) is 10.2. The van der Waals surface area contributed by atoms with Gasteiger partial charge in [0.1, 0.15) is 26.6 Å². The van der Waals surface area contributed by atoms with Crippen LogP contribution in [0.4, 0.5) is 0 Å². The van der Waals surface area contributed by atoms with Crippen molar-refractivity contribution in [2.75, 3.05) is 6.61 Å². The Balaban J connectivity index is 2.02. The van der Waals surface area contributed by atoms with Crippen LogP contribution < -0.4 is 5.56 Å². The number of pyridine rings is 1. The van der Waals surface area contributed by atoms with Crippen LogP contribution in [0.25, 0.3) is 10.2 Å². The Morgan fingerprint density at radius 1 is 1.38 bits per heavy atom. The van der Waals surface area contributed by atoms with E-state index in [0.717, 1.165) is 22.6 Å². The van der Waals surface area contributed by atoms with Crippen molar-refractivity contribution in [2.45, 2.75) is 44.9 Å². The molecule has 0 bridgehead atoms. The van der Waals surface area contributed by atoms with Gasteiger partial charge in [0.2, 0.25) is 0 Å². The van der Waals surface area contributed by atoms with Crippen LogP contribution in [0, 0.1) is 32.1 Å². The van der Waals surface area contributed by atoms with Crippen LogP contribution in [0.1, 0.15) is 57.0 Å². The number of nitrogens with one attached hydrogen (secondary N) is 1. The van der Waals surface area contributed by atoms with Crippen molar-refractivity contribution in [1.82, 2.24) is 15.0 Å². The first-order valence-electron chi connectivity index (χ1n) is 9.02. The molecule has 0 fully saturated rings. The molecule has 1 unspecified atom stereocenters. The van der Waals surface area contributed by atoms with Crippen LogP contribution in [-0.4, -0.2) is 27.5 Å². The zero-order valence-electron chi connectivity index (χ0n) is 16.7. The number of H-pyrrole nitrogens is 1. The molecule has 0 saturated carbocycles. The third kappa shape index (κ3) is 4.04. The van der Waals surface area contributed by atoms with Gasteiger partial charge >= 0.3 is 5.97 Å². The summed E-state index contributed by atoms with van der Waals surface area (Å²) in [5.74, 6) is 0.0171. The molecule has 0 amide bonds. The van der Waals surface area contributed by atoms with E-state index < -0.39 is 5.97 Å². The minimum absolute atomic E-state index is 0.249. The summed E-state index contributed by atoms with van der Waals surface area (Å²) in [6.45, 7) is 9.36. The second-order valence-corrected chi connectivity index (χ2v) is 8.87. The first kappa shape index (κ1) is 21.0. The van der Waals surface area contributed by atoms with Gasteiger partial charge < -0.3 is 9.72 Å². The number of rotatable bonds is 5. The SMILES string of the molecule is CCOC(=O)c1sc2nc(C(C)Sc3nc(C)cc(C)c3C#N)[nH]c(=O)c2c1C. The molecule has 150 valence electrons. The van der Waals surface area contributed by atoms with E-state index >= 15 is 0 Å². The Hall–Kier alpha value is -2.70. The lowest BCUT2D eigenvalue weighted by atomic mass is 10.1. The fraction of sp³-hybridized carbons (Fsp3) is 0.350. The Bertz CT molecular complexity index is 1210. The van der Waals surface area contributed by atoms with Gasteiger partial charge in [-0.05, 0) is 51.8 Å². The maximum atomic E-state index is 12.7. The second kappa shape index (κ2) is 8.35. The van der Waals surface area contributed by atoms with Crippen molar-refractivity contribution >= 4 is 39.3 Å². The van der Waals surface area contributed by atoms with E-state index in [1.54, 1.807) is 13.8 Å². The van der Waals surface area contributed by atoms with Gasteiger partial charge in [0.25, 0.3) is 5.56 Å². The summed E-state index contributed by atoms with van der Waals surface area (Å²) in [6.07, 6.45) is 0. The molecule has 0 aliphatic carbocycles. The summed E-state index contributed by atoms with van der Waals surface area (Å²) >= 11 is 2.52. The molecule has 0 aliphatic rings. The van der Waals surface area contributed by atoms with E-state index in [1.807, 2.05) is 26.8 Å². The summed E-state index contributed by atoms with van der Waals surface area (Å²) in [6, 6.07) is 4.06. The average Bonchev–Trinajstić information content (AvgIpc) is 2.98. The molecule has 0 aromatic carbocycles. The first-order valence-corrected chi connectivity index (χ1v) is 10.7. The Labute approximate surface area is 176 Å². The van der Waals surface area contributed by atoms with Crippen molar-refractivity contribution in [2.24, 2.45) is 0 Å². The molecule has 1 atom stereocenters. The van der Waals surface area contributed by atoms with Gasteiger partial charge in [0.05, 0.1) is 22.8 Å². The number of hydrogen-bond acceptors (Lipinski definition) is 8. The number of thioether (sulfide) groups is 1. The number of esters is 1. The third-order valence-electron chi connectivity index (χ3n) is 4.38. The van der Waals surface area contributed by atoms with Gasteiger partial charge in [0, 0.05) is 5.69 Å². The van der Waals surface area contributed by atoms with Gasteiger partial charge in [-0.3, -0.25) is 4.79 Å². The van der Waals surface area contributed by atoms with Crippen LogP contribution in [-0.2, 0) is 4.74 Å². The van der Waals surface area contributed by atoms with Crippen molar-refractivity contribution < 1.29 is 9.53 Å². The maximum Gasteiger partial charge on any atom is 0.348 e. The molecule has 3 heterocycles. The van der Waals surface area contributed by atoms with Gasteiger partial charge in [-0.15, -0.1) is 11.3 Å². The third-order valence-corrected chi connectivity index (χ3v) is 6.64. The zero-order chi connectivity index (χ0) is 21.3. The van der Waals surface area contributed by atoms with Crippen LogP contribution >= 0.6 is 23.1 Å². The van der Waals surface area contributed by atoms with Gasteiger partial charge in [0.15, 0.2) is 0 Å².